The molecule has 3 heterocycles. The summed E-state index contributed by atoms with van der Waals surface area (Å²) in [5.74, 6) is -0.338. The number of amides is 4. The van der Waals surface area contributed by atoms with Crippen LogP contribution in [0.5, 0.6) is 0 Å². The Kier molecular flexibility index (Phi) is 10.2. The van der Waals surface area contributed by atoms with Gasteiger partial charge in [0.25, 0.3) is 5.91 Å². The highest BCUT2D eigenvalue weighted by molar-refractivity contribution is 6.40. The lowest BCUT2D eigenvalue weighted by atomic mass is 9.97. The highest BCUT2D eigenvalue weighted by atomic mass is 35.5. The number of urea groups is 1. The monoisotopic (exact) mass is 725 g/mol. The molecule has 0 spiro atoms. The Balaban J connectivity index is 1.14. The fourth-order valence-electron chi connectivity index (χ4n) is 6.09. The standard InChI is InChI=1S/C29H31Cl4F3N6O4/c1-17(43)38-8-10-39(11-9-38)27(44)26-23(32)13-19(14-24(26)33)37-20-15-41(16-20)21-4-6-40(7-5-21)28(45)42(46,29(34,35)36)25-12-18(30)2-3-22(25)31/h2-3,12-14,20-21,46H,4-11,15-16H2,1H3/p+1. The molecule has 1 unspecified atom stereocenters. The van der Waals surface area contributed by atoms with Crippen LogP contribution in [-0.4, -0.2) is 113 Å². The van der Waals surface area contributed by atoms with Crippen LogP contribution in [0, 0.1) is 0 Å². The molecule has 0 aromatic heterocycles. The summed E-state index contributed by atoms with van der Waals surface area (Å²) in [6, 6.07) is 4.99. The van der Waals surface area contributed by atoms with Gasteiger partial charge in [0, 0.05) is 86.7 Å². The van der Waals surface area contributed by atoms with Gasteiger partial charge in [-0.05, 0) is 37.1 Å². The Morgan fingerprint density at radius 1 is 0.848 bits per heavy atom. The predicted octanol–water partition coefficient (Wildman–Crippen LogP) is 6.20. The van der Waals surface area contributed by atoms with E-state index >= 15 is 0 Å². The van der Waals surface area contributed by atoms with Crippen molar-refractivity contribution in [3.63, 3.8) is 0 Å². The van der Waals surface area contributed by atoms with E-state index in [-0.39, 0.29) is 57.6 Å². The van der Waals surface area contributed by atoms with Crippen molar-refractivity contribution in [3.8, 4) is 0 Å². The number of halogens is 7. The number of nitrogens with zero attached hydrogens (tertiary/aromatic N) is 5. The van der Waals surface area contributed by atoms with Crippen LogP contribution in [0.25, 0.3) is 0 Å². The number of nitrogens with one attached hydrogen (secondary N) is 1. The second-order valence-electron chi connectivity index (χ2n) is 11.6. The molecule has 3 aliphatic rings. The van der Waals surface area contributed by atoms with Crippen molar-refractivity contribution in [2.24, 2.45) is 0 Å². The number of piperidine rings is 1. The molecular formula is C29H32Cl4F3N6O4+. The maximum atomic E-state index is 14.1. The molecule has 0 aliphatic carbocycles. The molecule has 3 saturated heterocycles. The first-order valence-electron chi connectivity index (χ1n) is 14.6. The average Bonchev–Trinajstić information content (AvgIpc) is 2.98. The van der Waals surface area contributed by atoms with Crippen LogP contribution < -0.4 is 9.96 Å². The van der Waals surface area contributed by atoms with Gasteiger partial charge >= 0.3 is 12.3 Å². The van der Waals surface area contributed by atoms with Crippen molar-refractivity contribution in [1.29, 1.82) is 0 Å². The summed E-state index contributed by atoms with van der Waals surface area (Å²) in [4.78, 5) is 44.3. The van der Waals surface area contributed by atoms with E-state index in [1.165, 1.54) is 13.0 Å². The molecule has 3 fully saturated rings. The zero-order chi connectivity index (χ0) is 33.6. The summed E-state index contributed by atoms with van der Waals surface area (Å²) in [5, 5.41) is 14.0. The third-order valence-corrected chi connectivity index (χ3v) is 9.85. The Morgan fingerprint density at radius 2 is 1.41 bits per heavy atom. The number of alkyl halides is 3. The lowest BCUT2D eigenvalue weighted by Crippen LogP contribution is -2.67. The number of hydrogen-bond acceptors (Lipinski definition) is 6. The van der Waals surface area contributed by atoms with Crippen LogP contribution in [0.4, 0.5) is 29.3 Å². The van der Waals surface area contributed by atoms with Crippen molar-refractivity contribution in [2.45, 2.75) is 38.1 Å². The third kappa shape index (κ3) is 6.87. The van der Waals surface area contributed by atoms with Crippen LogP contribution >= 0.6 is 46.4 Å². The van der Waals surface area contributed by atoms with E-state index in [1.54, 1.807) is 21.9 Å². The largest absolute Gasteiger partial charge is 0.606 e. The Bertz CT molecular complexity index is 1490. The molecule has 0 bridgehead atoms. The topological polar surface area (TPSA) is 96.4 Å². The van der Waals surface area contributed by atoms with Gasteiger partial charge in [0.2, 0.25) is 11.6 Å². The fraction of sp³-hybridized carbons (Fsp3) is 0.483. The van der Waals surface area contributed by atoms with Gasteiger partial charge in [-0.25, -0.2) is 4.79 Å². The lowest BCUT2D eigenvalue weighted by Gasteiger charge is -2.47. The zero-order valence-corrected chi connectivity index (χ0v) is 27.7. The Morgan fingerprint density at radius 3 is 1.96 bits per heavy atom. The maximum Gasteiger partial charge on any atom is 0.606 e. The molecule has 0 saturated carbocycles. The van der Waals surface area contributed by atoms with Crippen LogP contribution in [0.15, 0.2) is 30.3 Å². The quantitative estimate of drug-likeness (QED) is 0.165. The van der Waals surface area contributed by atoms with Crippen molar-refractivity contribution in [2.75, 3.05) is 57.7 Å². The predicted molar refractivity (Wildman–Crippen MR) is 170 cm³/mol. The van der Waals surface area contributed by atoms with E-state index in [2.05, 4.69) is 10.2 Å². The summed E-state index contributed by atoms with van der Waals surface area (Å²) < 4.78 is 39.5. The SMILES string of the molecule is CC(=O)N1CCN(C(=O)c2c(Cl)cc(NC3CN(C4CCN(C(=O)[N+](O)(c5cc(Cl)ccc5Cl)C(F)(F)F)CC4)C3)cc2Cl)CC1. The first-order chi connectivity index (χ1) is 21.6. The highest BCUT2D eigenvalue weighted by Gasteiger charge is 2.66. The number of hydrogen-bond donors (Lipinski definition) is 2. The van der Waals surface area contributed by atoms with Crippen molar-refractivity contribution >= 4 is 75.6 Å². The van der Waals surface area contributed by atoms with Gasteiger partial charge in [0.1, 0.15) is 5.02 Å². The molecule has 0 radical (unpaired) electrons. The molecule has 17 heteroatoms. The summed E-state index contributed by atoms with van der Waals surface area (Å²) in [6.45, 7) is 4.43. The van der Waals surface area contributed by atoms with E-state index in [9.17, 15) is 32.8 Å². The molecule has 10 nitrogen and oxygen atoms in total. The molecule has 250 valence electrons. The van der Waals surface area contributed by atoms with Gasteiger partial charge in [-0.3, -0.25) is 19.4 Å². The van der Waals surface area contributed by atoms with Gasteiger partial charge in [0.15, 0.2) is 0 Å². The maximum absolute atomic E-state index is 14.1. The lowest BCUT2D eigenvalue weighted by molar-refractivity contribution is -0.314. The van der Waals surface area contributed by atoms with Crippen LogP contribution in [0.1, 0.15) is 30.1 Å². The molecule has 2 aromatic carbocycles. The average molecular weight is 727 g/mol. The van der Waals surface area contributed by atoms with E-state index in [1.807, 2.05) is 0 Å². The van der Waals surface area contributed by atoms with Gasteiger partial charge in [0.05, 0.1) is 21.7 Å². The van der Waals surface area contributed by atoms with E-state index in [0.717, 1.165) is 17.0 Å². The molecule has 3 aliphatic heterocycles. The number of hydroxylamine groups is 2. The van der Waals surface area contributed by atoms with Gasteiger partial charge in [-0.1, -0.05) is 46.4 Å². The van der Waals surface area contributed by atoms with Gasteiger partial charge in [-0.2, -0.15) is 5.21 Å². The fourth-order valence-corrected chi connectivity index (χ4v) is 7.14. The third-order valence-electron chi connectivity index (χ3n) is 8.70. The Labute approximate surface area is 283 Å². The number of carbonyl (C=O) groups excluding carboxylic acids is 3. The smallest absolute Gasteiger partial charge is 0.380 e. The number of likely N-dealkylation sites (tertiary alicyclic amines) is 2. The molecule has 2 aromatic rings. The molecule has 1 atom stereocenters. The minimum Gasteiger partial charge on any atom is -0.380 e. The first kappa shape index (κ1) is 34.8. The van der Waals surface area contributed by atoms with E-state index < -0.39 is 27.7 Å². The van der Waals surface area contributed by atoms with Crippen LogP contribution in [0.2, 0.25) is 20.1 Å². The number of rotatable bonds is 5. The van der Waals surface area contributed by atoms with Crippen molar-refractivity contribution in [1.82, 2.24) is 24.2 Å². The van der Waals surface area contributed by atoms with Gasteiger partial charge < -0.3 is 15.1 Å². The summed E-state index contributed by atoms with van der Waals surface area (Å²) in [5.41, 5.74) is -0.0205. The molecule has 4 amide bonds. The van der Waals surface area contributed by atoms with E-state index in [0.29, 0.717) is 57.8 Å². The molecular weight excluding hydrogens is 695 g/mol. The second kappa shape index (κ2) is 13.5. The minimum atomic E-state index is -5.39. The Hall–Kier alpha value is -2.52. The summed E-state index contributed by atoms with van der Waals surface area (Å²) >= 11 is 24.8. The molecule has 46 heavy (non-hydrogen) atoms. The number of quaternary nitrogens is 1. The van der Waals surface area contributed by atoms with Gasteiger partial charge in [-0.15, -0.1) is 13.2 Å². The van der Waals surface area contributed by atoms with Crippen molar-refractivity contribution < 1.29 is 32.8 Å². The number of piperazine rings is 1. The van der Waals surface area contributed by atoms with Crippen LogP contribution in [-0.2, 0) is 4.79 Å². The number of carbonyl (C=O) groups is 3. The number of benzene rings is 2. The first-order valence-corrected chi connectivity index (χ1v) is 16.1. The number of anilines is 1. The van der Waals surface area contributed by atoms with E-state index in [4.69, 9.17) is 46.4 Å². The van der Waals surface area contributed by atoms with Crippen LogP contribution in [0.3, 0.4) is 0 Å². The normalized spacial score (nSPS) is 19.9. The van der Waals surface area contributed by atoms with Crippen molar-refractivity contribution in [3.05, 3.63) is 56.0 Å². The molecule has 2 N–H and O–H groups in total. The summed E-state index contributed by atoms with van der Waals surface area (Å²) in [6.07, 6.45) is -4.56. The molecule has 5 rings (SSSR count). The highest BCUT2D eigenvalue weighted by Crippen LogP contribution is 2.42. The zero-order valence-electron chi connectivity index (χ0n) is 24.7. The minimum absolute atomic E-state index is 0.0113. The second-order valence-corrected chi connectivity index (χ2v) is 13.3. The summed E-state index contributed by atoms with van der Waals surface area (Å²) in [7, 11) is 0.